The molecule has 2 aliphatic heterocycles. The Labute approximate surface area is 184 Å². The number of ketones is 1. The Morgan fingerprint density at radius 2 is 1.87 bits per heavy atom. The highest BCUT2D eigenvalue weighted by Gasteiger charge is 2.38. The first-order chi connectivity index (χ1) is 14.8. The molecule has 3 aliphatic rings. The Morgan fingerprint density at radius 3 is 2.58 bits per heavy atom. The number of carbonyl (C=O) groups excluding carboxylic acids is 2. The normalized spacial score (nSPS) is 31.1. The quantitative estimate of drug-likeness (QED) is 0.611. The zero-order valence-corrected chi connectivity index (χ0v) is 18.9. The number of fused-ring (bicyclic) bond motifs is 1. The predicted octanol–water partition coefficient (Wildman–Crippen LogP) is 1.56. The highest BCUT2D eigenvalue weighted by atomic mass is 32.2. The second-order valence-electron chi connectivity index (χ2n) is 9.32. The molecule has 5 unspecified atom stereocenters. The van der Waals surface area contributed by atoms with E-state index < -0.39 is 15.1 Å². The van der Waals surface area contributed by atoms with Crippen LogP contribution in [0.4, 0.5) is 0 Å². The van der Waals surface area contributed by atoms with Crippen molar-refractivity contribution in [2.75, 3.05) is 13.1 Å². The van der Waals surface area contributed by atoms with Crippen LogP contribution < -0.4 is 16.0 Å². The second-order valence-corrected chi connectivity index (χ2v) is 11.5. The summed E-state index contributed by atoms with van der Waals surface area (Å²) in [6.07, 6.45) is 4.48. The molecule has 0 bridgehead atoms. The molecule has 1 aromatic rings. The smallest absolute Gasteiger partial charge is 0.237 e. The molecule has 2 saturated heterocycles. The molecule has 3 N–H and O–H groups in total. The zero-order chi connectivity index (χ0) is 22.0. The van der Waals surface area contributed by atoms with Gasteiger partial charge in [0.05, 0.1) is 16.2 Å². The van der Waals surface area contributed by atoms with Crippen molar-refractivity contribution in [1.29, 1.82) is 0 Å². The summed E-state index contributed by atoms with van der Waals surface area (Å²) in [5, 5.41) is 9.32. The molecule has 1 aliphatic carbocycles. The van der Waals surface area contributed by atoms with Crippen molar-refractivity contribution < 1.29 is 18.0 Å². The molecule has 2 heterocycles. The molecule has 4 rings (SSSR count). The van der Waals surface area contributed by atoms with E-state index >= 15 is 0 Å². The molecule has 3 fully saturated rings. The van der Waals surface area contributed by atoms with Gasteiger partial charge in [0.1, 0.15) is 5.78 Å². The summed E-state index contributed by atoms with van der Waals surface area (Å²) in [5.41, 5.74) is 0.870. The standard InChI is InChI=1S/C23H33N3O4S/c1-15(27)17-3-2-4-20(11-17)31(29,30)19-7-5-16(6-8-19)13-25-23(28)22-12-18-14-24-10-9-21(18)26-22/h5-8,17-18,20-22,24,26H,2-4,9-14H2,1H3,(H,25,28). The molecule has 1 saturated carbocycles. The lowest BCUT2D eigenvalue weighted by atomic mass is 9.86. The number of nitrogens with one attached hydrogen (secondary N) is 3. The van der Waals surface area contributed by atoms with Gasteiger partial charge in [-0.15, -0.1) is 0 Å². The minimum Gasteiger partial charge on any atom is -0.351 e. The van der Waals surface area contributed by atoms with Crippen molar-refractivity contribution in [3.8, 4) is 0 Å². The lowest BCUT2D eigenvalue weighted by molar-refractivity contribution is -0.123. The first-order valence-corrected chi connectivity index (χ1v) is 13.0. The fourth-order valence-electron chi connectivity index (χ4n) is 5.30. The van der Waals surface area contributed by atoms with Crippen LogP contribution in [0.2, 0.25) is 0 Å². The largest absolute Gasteiger partial charge is 0.351 e. The van der Waals surface area contributed by atoms with Gasteiger partial charge in [0, 0.05) is 18.5 Å². The second kappa shape index (κ2) is 9.38. The van der Waals surface area contributed by atoms with E-state index in [0.717, 1.165) is 44.3 Å². The molecule has 31 heavy (non-hydrogen) atoms. The van der Waals surface area contributed by atoms with Crippen LogP contribution in [-0.2, 0) is 26.0 Å². The summed E-state index contributed by atoms with van der Waals surface area (Å²) in [5.74, 6) is 0.449. The number of sulfone groups is 1. The van der Waals surface area contributed by atoms with E-state index in [0.29, 0.717) is 36.2 Å². The maximum Gasteiger partial charge on any atom is 0.237 e. The molecule has 5 atom stereocenters. The van der Waals surface area contributed by atoms with Crippen LogP contribution in [0.3, 0.4) is 0 Å². The summed E-state index contributed by atoms with van der Waals surface area (Å²) >= 11 is 0. The van der Waals surface area contributed by atoms with Gasteiger partial charge in [0.15, 0.2) is 9.84 Å². The highest BCUT2D eigenvalue weighted by molar-refractivity contribution is 7.92. The van der Waals surface area contributed by atoms with Crippen LogP contribution >= 0.6 is 0 Å². The molecule has 170 valence electrons. The highest BCUT2D eigenvalue weighted by Crippen LogP contribution is 2.32. The number of hydrogen-bond acceptors (Lipinski definition) is 6. The van der Waals surface area contributed by atoms with Crippen molar-refractivity contribution in [3.05, 3.63) is 29.8 Å². The Morgan fingerprint density at radius 1 is 1.10 bits per heavy atom. The first kappa shape index (κ1) is 22.4. The third-order valence-corrected chi connectivity index (χ3v) is 9.47. The minimum atomic E-state index is -3.46. The van der Waals surface area contributed by atoms with Gasteiger partial charge in [0.25, 0.3) is 0 Å². The Hall–Kier alpha value is -1.77. The molecule has 0 spiro atoms. The van der Waals surface area contributed by atoms with Crippen LogP contribution in [0.1, 0.15) is 51.0 Å². The van der Waals surface area contributed by atoms with Gasteiger partial charge in [0.2, 0.25) is 5.91 Å². The van der Waals surface area contributed by atoms with Crippen LogP contribution in [0, 0.1) is 11.8 Å². The molecule has 0 radical (unpaired) electrons. The van der Waals surface area contributed by atoms with Gasteiger partial charge in [-0.1, -0.05) is 18.6 Å². The van der Waals surface area contributed by atoms with Crippen molar-refractivity contribution >= 4 is 21.5 Å². The summed E-state index contributed by atoms with van der Waals surface area (Å²) in [6, 6.07) is 7.05. The van der Waals surface area contributed by atoms with E-state index in [-0.39, 0.29) is 23.7 Å². The van der Waals surface area contributed by atoms with Crippen molar-refractivity contribution in [3.63, 3.8) is 0 Å². The number of rotatable bonds is 6. The fraction of sp³-hybridized carbons (Fsp3) is 0.652. The molecule has 0 aromatic heterocycles. The first-order valence-electron chi connectivity index (χ1n) is 11.4. The average molecular weight is 448 g/mol. The van der Waals surface area contributed by atoms with E-state index in [1.807, 2.05) is 0 Å². The topological polar surface area (TPSA) is 104 Å². The number of benzene rings is 1. The number of Topliss-reactive ketones (excluding diaryl/α,β-unsaturated/α-hetero) is 1. The summed E-state index contributed by atoms with van der Waals surface area (Å²) in [4.78, 5) is 24.6. The molecule has 7 nitrogen and oxygen atoms in total. The lowest BCUT2D eigenvalue weighted by Gasteiger charge is -2.27. The molecule has 8 heteroatoms. The summed E-state index contributed by atoms with van der Waals surface area (Å²) in [7, 11) is -3.46. The third-order valence-electron chi connectivity index (χ3n) is 7.24. The Balaban J connectivity index is 1.33. The lowest BCUT2D eigenvalue weighted by Crippen LogP contribution is -2.45. The van der Waals surface area contributed by atoms with Crippen LogP contribution in [-0.4, -0.2) is 50.5 Å². The van der Waals surface area contributed by atoms with Gasteiger partial charge in [-0.2, -0.15) is 0 Å². The molecular formula is C23H33N3O4S. The Bertz CT molecular complexity index is 901. The van der Waals surface area contributed by atoms with Crippen LogP contribution in [0.5, 0.6) is 0 Å². The summed E-state index contributed by atoms with van der Waals surface area (Å²) in [6.45, 7) is 3.88. The SMILES string of the molecule is CC(=O)C1CCCC(S(=O)(=O)c2ccc(CNC(=O)C3CC4CNCCC4N3)cc2)C1. The van der Waals surface area contributed by atoms with E-state index in [1.165, 1.54) is 0 Å². The average Bonchev–Trinajstić information content (AvgIpc) is 3.22. The predicted molar refractivity (Wildman–Crippen MR) is 118 cm³/mol. The van der Waals surface area contributed by atoms with Gasteiger partial charge in [-0.05, 0) is 75.7 Å². The fourth-order valence-corrected chi connectivity index (χ4v) is 7.16. The number of piperidine rings is 1. The van der Waals surface area contributed by atoms with E-state index in [2.05, 4.69) is 16.0 Å². The monoisotopic (exact) mass is 447 g/mol. The maximum absolute atomic E-state index is 13.0. The Kier molecular flexibility index (Phi) is 6.79. The molecule has 1 amide bonds. The van der Waals surface area contributed by atoms with E-state index in [9.17, 15) is 18.0 Å². The van der Waals surface area contributed by atoms with Crippen molar-refractivity contribution in [1.82, 2.24) is 16.0 Å². The van der Waals surface area contributed by atoms with E-state index in [1.54, 1.807) is 31.2 Å². The van der Waals surface area contributed by atoms with Gasteiger partial charge < -0.3 is 16.0 Å². The van der Waals surface area contributed by atoms with Crippen molar-refractivity contribution in [2.24, 2.45) is 11.8 Å². The molecular weight excluding hydrogens is 414 g/mol. The van der Waals surface area contributed by atoms with E-state index in [4.69, 9.17) is 0 Å². The minimum absolute atomic E-state index is 0.00331. The third kappa shape index (κ3) is 5.02. The maximum atomic E-state index is 13.0. The number of amides is 1. The van der Waals surface area contributed by atoms with Crippen LogP contribution in [0.15, 0.2) is 29.2 Å². The van der Waals surface area contributed by atoms with Crippen LogP contribution in [0.25, 0.3) is 0 Å². The van der Waals surface area contributed by atoms with Gasteiger partial charge in [-0.25, -0.2) is 8.42 Å². The van der Waals surface area contributed by atoms with Gasteiger partial charge >= 0.3 is 0 Å². The van der Waals surface area contributed by atoms with Gasteiger partial charge in [-0.3, -0.25) is 9.59 Å². The number of hydrogen-bond donors (Lipinski definition) is 3. The molecule has 1 aromatic carbocycles. The summed E-state index contributed by atoms with van der Waals surface area (Å²) < 4.78 is 26.1. The van der Waals surface area contributed by atoms with Crippen molar-refractivity contribution in [2.45, 2.75) is 74.2 Å². The number of carbonyl (C=O) groups is 2. The zero-order valence-electron chi connectivity index (χ0n) is 18.1.